The van der Waals surface area contributed by atoms with Crippen molar-refractivity contribution in [2.45, 2.75) is 32.5 Å². The number of nitrogens with zero attached hydrogens (tertiary/aromatic N) is 1. The molecule has 1 atom stereocenters. The van der Waals surface area contributed by atoms with Crippen molar-refractivity contribution in [2.24, 2.45) is 0 Å². The molecule has 0 aliphatic rings. The Kier molecular flexibility index (Phi) is 5.11. The zero-order valence-electron chi connectivity index (χ0n) is 13.6. The fourth-order valence-electron chi connectivity index (χ4n) is 2.97. The first-order valence-corrected chi connectivity index (χ1v) is 8.26. The fraction of sp³-hybridized carbons (Fsp3) is 0.300. The molecule has 3 rings (SSSR count). The van der Waals surface area contributed by atoms with Crippen LogP contribution in [0.3, 0.4) is 0 Å². The van der Waals surface area contributed by atoms with E-state index < -0.39 is 0 Å². The van der Waals surface area contributed by atoms with Crippen LogP contribution in [0.1, 0.15) is 24.5 Å². The first-order valence-electron chi connectivity index (χ1n) is 8.26. The zero-order valence-corrected chi connectivity index (χ0v) is 13.6. The van der Waals surface area contributed by atoms with Gasteiger partial charge in [-0.3, -0.25) is 0 Å². The summed E-state index contributed by atoms with van der Waals surface area (Å²) in [6, 6.07) is 19.2. The molecule has 1 heterocycles. The van der Waals surface area contributed by atoms with Crippen molar-refractivity contribution in [3.05, 3.63) is 71.9 Å². The number of aliphatic hydroxyl groups is 1. The van der Waals surface area contributed by atoms with Gasteiger partial charge in [-0.1, -0.05) is 55.5 Å². The second-order valence-electron chi connectivity index (χ2n) is 5.95. The van der Waals surface area contributed by atoms with Gasteiger partial charge in [0.25, 0.3) is 0 Å². The van der Waals surface area contributed by atoms with Crippen LogP contribution < -0.4 is 5.32 Å². The van der Waals surface area contributed by atoms with Crippen LogP contribution in [-0.2, 0) is 13.1 Å². The summed E-state index contributed by atoms with van der Waals surface area (Å²) in [5.74, 6) is 0. The summed E-state index contributed by atoms with van der Waals surface area (Å²) in [6.45, 7) is 3.92. The normalized spacial score (nSPS) is 12.6. The van der Waals surface area contributed by atoms with E-state index in [0.29, 0.717) is 0 Å². The molecule has 0 saturated carbocycles. The molecule has 3 heteroatoms. The molecule has 0 saturated heterocycles. The van der Waals surface area contributed by atoms with Crippen molar-refractivity contribution in [2.75, 3.05) is 6.61 Å². The van der Waals surface area contributed by atoms with Gasteiger partial charge in [-0.25, -0.2) is 0 Å². The van der Waals surface area contributed by atoms with E-state index in [2.05, 4.69) is 71.5 Å². The summed E-state index contributed by atoms with van der Waals surface area (Å²) in [7, 11) is 0. The third-order valence-electron chi connectivity index (χ3n) is 4.36. The molecule has 0 unspecified atom stereocenters. The molecule has 3 aromatic rings. The van der Waals surface area contributed by atoms with Gasteiger partial charge in [-0.15, -0.1) is 0 Å². The van der Waals surface area contributed by atoms with Crippen LogP contribution >= 0.6 is 0 Å². The summed E-state index contributed by atoms with van der Waals surface area (Å²) in [5.41, 5.74) is 3.84. The predicted molar refractivity (Wildman–Crippen MR) is 95.5 cm³/mol. The predicted octanol–water partition coefficient (Wildman–Crippen LogP) is 3.55. The monoisotopic (exact) mass is 308 g/mol. The molecule has 0 aliphatic carbocycles. The van der Waals surface area contributed by atoms with E-state index >= 15 is 0 Å². The van der Waals surface area contributed by atoms with Crippen molar-refractivity contribution >= 4 is 10.9 Å². The van der Waals surface area contributed by atoms with E-state index in [1.807, 2.05) is 6.07 Å². The first-order chi connectivity index (χ1) is 11.3. The molecule has 2 aromatic carbocycles. The Labute approximate surface area is 137 Å². The molecule has 0 spiro atoms. The Bertz CT molecular complexity index is 745. The number of fused-ring (bicyclic) bond motifs is 1. The van der Waals surface area contributed by atoms with Crippen LogP contribution in [-0.4, -0.2) is 22.3 Å². The maximum absolute atomic E-state index is 9.35. The SMILES string of the molecule is CC[C@@H](CO)NCc1cn(Cc2ccccc2)c2ccccc12. The third-order valence-corrected chi connectivity index (χ3v) is 4.36. The lowest BCUT2D eigenvalue weighted by atomic mass is 10.1. The van der Waals surface area contributed by atoms with Crippen molar-refractivity contribution < 1.29 is 5.11 Å². The van der Waals surface area contributed by atoms with Crippen LogP contribution in [0.2, 0.25) is 0 Å². The molecule has 23 heavy (non-hydrogen) atoms. The molecule has 2 N–H and O–H groups in total. The van der Waals surface area contributed by atoms with Crippen LogP contribution in [0, 0.1) is 0 Å². The summed E-state index contributed by atoms with van der Waals surface area (Å²) < 4.78 is 2.31. The summed E-state index contributed by atoms with van der Waals surface area (Å²) >= 11 is 0. The molecule has 3 nitrogen and oxygen atoms in total. The Morgan fingerprint density at radius 1 is 1.04 bits per heavy atom. The maximum Gasteiger partial charge on any atom is 0.0584 e. The second kappa shape index (κ2) is 7.44. The molecule has 0 radical (unpaired) electrons. The van der Waals surface area contributed by atoms with Gasteiger partial charge in [0.15, 0.2) is 0 Å². The number of aromatic nitrogens is 1. The van der Waals surface area contributed by atoms with Crippen LogP contribution in [0.4, 0.5) is 0 Å². The number of nitrogens with one attached hydrogen (secondary N) is 1. The molecule has 120 valence electrons. The minimum Gasteiger partial charge on any atom is -0.395 e. The smallest absolute Gasteiger partial charge is 0.0584 e. The van der Waals surface area contributed by atoms with Gasteiger partial charge in [0.1, 0.15) is 0 Å². The van der Waals surface area contributed by atoms with E-state index in [9.17, 15) is 5.11 Å². The van der Waals surface area contributed by atoms with Crippen LogP contribution in [0.25, 0.3) is 10.9 Å². The van der Waals surface area contributed by atoms with Crippen LogP contribution in [0.5, 0.6) is 0 Å². The first kappa shape index (κ1) is 15.8. The molecule has 0 fully saturated rings. The van der Waals surface area contributed by atoms with Crippen LogP contribution in [0.15, 0.2) is 60.8 Å². The molecule has 0 bridgehead atoms. The third kappa shape index (κ3) is 3.63. The highest BCUT2D eigenvalue weighted by atomic mass is 16.3. The molecular weight excluding hydrogens is 284 g/mol. The largest absolute Gasteiger partial charge is 0.395 e. The number of para-hydroxylation sites is 1. The average Bonchev–Trinajstić information content (AvgIpc) is 2.95. The lowest BCUT2D eigenvalue weighted by Crippen LogP contribution is -2.31. The van der Waals surface area contributed by atoms with E-state index in [0.717, 1.165) is 19.5 Å². The topological polar surface area (TPSA) is 37.2 Å². The number of hydrogen-bond acceptors (Lipinski definition) is 2. The van der Waals surface area contributed by atoms with E-state index in [-0.39, 0.29) is 12.6 Å². The minimum atomic E-state index is 0.159. The van der Waals surface area contributed by atoms with Gasteiger partial charge in [0.2, 0.25) is 0 Å². The lowest BCUT2D eigenvalue weighted by Gasteiger charge is -2.13. The van der Waals surface area contributed by atoms with Crippen molar-refractivity contribution in [3.63, 3.8) is 0 Å². The summed E-state index contributed by atoms with van der Waals surface area (Å²) in [4.78, 5) is 0. The van der Waals surface area contributed by atoms with E-state index in [4.69, 9.17) is 0 Å². The van der Waals surface area contributed by atoms with E-state index in [1.165, 1.54) is 22.0 Å². The Hall–Kier alpha value is -2.10. The molecule has 1 aromatic heterocycles. The Balaban J connectivity index is 1.87. The number of benzene rings is 2. The summed E-state index contributed by atoms with van der Waals surface area (Å²) in [5, 5.41) is 14.1. The van der Waals surface area contributed by atoms with Crippen molar-refractivity contribution in [1.82, 2.24) is 9.88 Å². The Morgan fingerprint density at radius 3 is 2.52 bits per heavy atom. The van der Waals surface area contributed by atoms with Gasteiger partial charge >= 0.3 is 0 Å². The summed E-state index contributed by atoms with van der Waals surface area (Å²) in [6.07, 6.45) is 3.16. The van der Waals surface area contributed by atoms with Crippen molar-refractivity contribution in [1.29, 1.82) is 0 Å². The number of hydrogen-bond donors (Lipinski definition) is 2. The lowest BCUT2D eigenvalue weighted by molar-refractivity contribution is 0.238. The standard InChI is InChI=1S/C20H24N2O/c1-2-18(15-23)21-12-17-14-22(13-16-8-4-3-5-9-16)20-11-7-6-10-19(17)20/h3-11,14,18,21,23H,2,12-13,15H2,1H3/t18-/m0/s1. The second-order valence-corrected chi connectivity index (χ2v) is 5.95. The average molecular weight is 308 g/mol. The van der Waals surface area contributed by atoms with Gasteiger partial charge in [-0.05, 0) is 23.6 Å². The zero-order chi connectivity index (χ0) is 16.1. The quantitative estimate of drug-likeness (QED) is 0.700. The van der Waals surface area contributed by atoms with Gasteiger partial charge in [0, 0.05) is 36.2 Å². The maximum atomic E-state index is 9.35. The molecular formula is C20H24N2O. The number of aliphatic hydroxyl groups excluding tert-OH is 1. The highest BCUT2D eigenvalue weighted by Gasteiger charge is 2.10. The fourth-order valence-corrected chi connectivity index (χ4v) is 2.97. The van der Waals surface area contributed by atoms with Gasteiger partial charge in [0.05, 0.1) is 6.61 Å². The van der Waals surface area contributed by atoms with E-state index in [1.54, 1.807) is 0 Å². The van der Waals surface area contributed by atoms with Gasteiger partial charge < -0.3 is 15.0 Å². The molecule has 0 aliphatic heterocycles. The minimum absolute atomic E-state index is 0.159. The highest BCUT2D eigenvalue weighted by Crippen LogP contribution is 2.22. The Morgan fingerprint density at radius 2 is 1.78 bits per heavy atom. The highest BCUT2D eigenvalue weighted by molar-refractivity contribution is 5.84. The van der Waals surface area contributed by atoms with Gasteiger partial charge in [-0.2, -0.15) is 0 Å². The van der Waals surface area contributed by atoms with Crippen molar-refractivity contribution in [3.8, 4) is 0 Å². The number of rotatable bonds is 7. The molecule has 0 amide bonds.